The molecule has 0 spiro atoms. The maximum atomic E-state index is 13.6. The summed E-state index contributed by atoms with van der Waals surface area (Å²) in [5.74, 6) is 0.311. The lowest BCUT2D eigenvalue weighted by Crippen LogP contribution is -2.41. The molecule has 1 unspecified atom stereocenters. The Kier molecular flexibility index (Phi) is 8.97. The Morgan fingerprint density at radius 1 is 1.11 bits per heavy atom. The fourth-order valence-corrected chi connectivity index (χ4v) is 4.65. The first-order valence-corrected chi connectivity index (χ1v) is 11.7. The Bertz CT molecular complexity index is 1180. The first kappa shape index (κ1) is 27.8. The Morgan fingerprint density at radius 2 is 1.74 bits per heavy atom. The van der Waals surface area contributed by atoms with Gasteiger partial charge in [0, 0.05) is 23.6 Å². The maximum absolute atomic E-state index is 13.6. The highest BCUT2D eigenvalue weighted by Gasteiger charge is 2.43. The Balaban J connectivity index is 2.80. The van der Waals surface area contributed by atoms with Crippen molar-refractivity contribution in [3.05, 3.63) is 78.4 Å². The quantitative estimate of drug-likeness (QED) is 0.386. The normalized spacial score (nSPS) is 12.4. The summed E-state index contributed by atoms with van der Waals surface area (Å²) in [5.41, 5.74) is -0.533. The maximum Gasteiger partial charge on any atom is 0.424 e. The van der Waals surface area contributed by atoms with Gasteiger partial charge in [0.25, 0.3) is 10.0 Å². The van der Waals surface area contributed by atoms with Crippen molar-refractivity contribution in [2.75, 3.05) is 20.8 Å². The third-order valence-corrected chi connectivity index (χ3v) is 6.80. The van der Waals surface area contributed by atoms with E-state index in [1.165, 1.54) is 62.8 Å². The van der Waals surface area contributed by atoms with Gasteiger partial charge in [0.05, 0.1) is 25.2 Å². The molecular formula is C24H26F3NO6S. The van der Waals surface area contributed by atoms with E-state index in [1.807, 2.05) is 0 Å². The third-order valence-electron chi connectivity index (χ3n) is 5.01. The number of hydrogen-bond donors (Lipinski definition) is 0. The van der Waals surface area contributed by atoms with Crippen LogP contribution in [-0.2, 0) is 14.8 Å². The molecule has 1 amide bonds. The van der Waals surface area contributed by atoms with E-state index in [2.05, 4.69) is 13.2 Å². The van der Waals surface area contributed by atoms with Crippen molar-refractivity contribution in [3.63, 3.8) is 0 Å². The van der Waals surface area contributed by atoms with Gasteiger partial charge in [-0.2, -0.15) is 17.5 Å². The molecule has 0 radical (unpaired) electrons. The third kappa shape index (κ3) is 6.56. The zero-order valence-corrected chi connectivity index (χ0v) is 20.3. The molecule has 190 valence electrons. The fourth-order valence-electron chi connectivity index (χ4n) is 3.17. The molecule has 2 aromatic carbocycles. The van der Waals surface area contributed by atoms with Gasteiger partial charge in [0.1, 0.15) is 18.1 Å². The second kappa shape index (κ2) is 11.3. The number of methoxy groups -OCH3 is 2. The number of hydrogen-bond acceptors (Lipinski definition) is 6. The highest BCUT2D eigenvalue weighted by atomic mass is 32.2. The number of carbonyl (C=O) groups excluding carboxylic acids is 1. The summed E-state index contributed by atoms with van der Waals surface area (Å²) in [6, 6.07) is 7.88. The average molecular weight is 514 g/mol. The molecule has 11 heteroatoms. The Hall–Kier alpha value is -3.47. The summed E-state index contributed by atoms with van der Waals surface area (Å²) in [7, 11) is -2.07. The van der Waals surface area contributed by atoms with Gasteiger partial charge in [-0.05, 0) is 31.2 Å². The summed E-state index contributed by atoms with van der Waals surface area (Å²) in [6.07, 6.45) is -6.00. The van der Waals surface area contributed by atoms with Gasteiger partial charge in [-0.15, -0.1) is 0 Å². The van der Waals surface area contributed by atoms with Crippen molar-refractivity contribution in [2.24, 2.45) is 0 Å². The molecule has 0 aromatic heterocycles. The fraction of sp³-hybridized carbons (Fsp3) is 0.292. The summed E-state index contributed by atoms with van der Waals surface area (Å²) >= 11 is 0. The highest BCUT2D eigenvalue weighted by molar-refractivity contribution is 7.89. The van der Waals surface area contributed by atoms with Crippen LogP contribution in [0.4, 0.5) is 18.0 Å². The number of sulfonamides is 1. The molecule has 2 aromatic rings. The number of benzene rings is 2. The molecule has 2 rings (SSSR count). The van der Waals surface area contributed by atoms with Crippen LogP contribution in [-0.4, -0.2) is 45.8 Å². The lowest BCUT2D eigenvalue weighted by molar-refractivity contribution is -0.0949. The van der Waals surface area contributed by atoms with Crippen LogP contribution < -0.4 is 9.47 Å². The predicted molar refractivity (Wildman–Crippen MR) is 124 cm³/mol. The molecule has 0 bridgehead atoms. The standard InChI is InChI=1S/C24H26F3NO6S/c1-6-13-34-23(29)28(35(30,31)19-10-7-16(2)8-11-19)21(14-17(3)24(25,26)27)20-12-9-18(32-4)15-22(20)33-5/h6-12,15,21H,1,3,13-14H2,2,4-5H3. The van der Waals surface area contributed by atoms with Crippen LogP contribution in [0.1, 0.15) is 23.6 Å². The Labute approximate surface area is 202 Å². The molecule has 0 aliphatic carbocycles. The van der Waals surface area contributed by atoms with E-state index < -0.39 is 40.3 Å². The number of ether oxygens (including phenoxy) is 3. The molecule has 0 aliphatic heterocycles. The number of aryl methyl sites for hydroxylation is 1. The molecular weight excluding hydrogens is 487 g/mol. The van der Waals surface area contributed by atoms with E-state index in [1.54, 1.807) is 6.92 Å². The van der Waals surface area contributed by atoms with Gasteiger partial charge in [0.2, 0.25) is 0 Å². The van der Waals surface area contributed by atoms with Crippen LogP contribution in [0.5, 0.6) is 11.5 Å². The van der Waals surface area contributed by atoms with Gasteiger partial charge in [-0.3, -0.25) is 0 Å². The van der Waals surface area contributed by atoms with Crippen LogP contribution in [0, 0.1) is 6.92 Å². The van der Waals surface area contributed by atoms with Gasteiger partial charge in [-0.25, -0.2) is 13.2 Å². The van der Waals surface area contributed by atoms with Crippen LogP contribution in [0.2, 0.25) is 0 Å². The second-order valence-electron chi connectivity index (χ2n) is 7.41. The summed E-state index contributed by atoms with van der Waals surface area (Å²) in [4.78, 5) is 12.7. The molecule has 0 saturated heterocycles. The number of halogens is 3. The molecule has 0 saturated carbocycles. The molecule has 0 heterocycles. The van der Waals surface area contributed by atoms with Crippen molar-refractivity contribution in [1.82, 2.24) is 4.31 Å². The van der Waals surface area contributed by atoms with E-state index in [0.29, 0.717) is 5.75 Å². The lowest BCUT2D eigenvalue weighted by atomic mass is 9.98. The SMILES string of the molecule is C=CCOC(=O)N(C(CC(=C)C(F)(F)F)c1ccc(OC)cc1OC)S(=O)(=O)c1ccc(C)cc1. The minimum atomic E-state index is -4.84. The first-order chi connectivity index (χ1) is 16.4. The monoisotopic (exact) mass is 513 g/mol. The zero-order valence-electron chi connectivity index (χ0n) is 19.5. The average Bonchev–Trinajstić information content (AvgIpc) is 2.81. The number of carbonyl (C=O) groups is 1. The second-order valence-corrected chi connectivity index (χ2v) is 9.22. The van der Waals surface area contributed by atoms with Crippen molar-refractivity contribution in [1.29, 1.82) is 0 Å². The van der Waals surface area contributed by atoms with Gasteiger partial charge < -0.3 is 14.2 Å². The van der Waals surface area contributed by atoms with Crippen molar-refractivity contribution < 1.29 is 40.6 Å². The lowest BCUT2D eigenvalue weighted by Gasteiger charge is -2.32. The van der Waals surface area contributed by atoms with Crippen LogP contribution >= 0.6 is 0 Å². The molecule has 0 fully saturated rings. The molecule has 7 nitrogen and oxygen atoms in total. The topological polar surface area (TPSA) is 82.1 Å². The van der Waals surface area contributed by atoms with E-state index in [0.717, 1.165) is 5.56 Å². The van der Waals surface area contributed by atoms with Crippen molar-refractivity contribution >= 4 is 16.1 Å². The summed E-state index contributed by atoms with van der Waals surface area (Å²) < 4.78 is 83.5. The van der Waals surface area contributed by atoms with E-state index in [-0.39, 0.29) is 27.1 Å². The van der Waals surface area contributed by atoms with Gasteiger partial charge in [-0.1, -0.05) is 36.9 Å². The number of amides is 1. The van der Waals surface area contributed by atoms with Crippen LogP contribution in [0.15, 0.2) is 72.2 Å². The molecule has 1 atom stereocenters. The van der Waals surface area contributed by atoms with Gasteiger partial charge in [0.15, 0.2) is 0 Å². The number of nitrogens with zero attached hydrogens (tertiary/aromatic N) is 1. The van der Waals surface area contributed by atoms with Gasteiger partial charge >= 0.3 is 12.3 Å². The summed E-state index contributed by atoms with van der Waals surface area (Å²) in [5, 5.41) is 0. The van der Waals surface area contributed by atoms with Crippen LogP contribution in [0.3, 0.4) is 0 Å². The van der Waals surface area contributed by atoms with E-state index in [4.69, 9.17) is 14.2 Å². The van der Waals surface area contributed by atoms with Crippen LogP contribution in [0.25, 0.3) is 0 Å². The molecule has 35 heavy (non-hydrogen) atoms. The van der Waals surface area contributed by atoms with Crippen molar-refractivity contribution in [2.45, 2.75) is 30.5 Å². The minimum absolute atomic E-state index is 0.00458. The van der Waals surface area contributed by atoms with E-state index in [9.17, 15) is 26.4 Å². The summed E-state index contributed by atoms with van der Waals surface area (Å²) in [6.45, 7) is 7.84. The van der Waals surface area contributed by atoms with E-state index >= 15 is 0 Å². The predicted octanol–water partition coefficient (Wildman–Crippen LogP) is 5.58. The minimum Gasteiger partial charge on any atom is -0.497 e. The number of rotatable bonds is 10. The first-order valence-electron chi connectivity index (χ1n) is 10.2. The molecule has 0 N–H and O–H groups in total. The highest BCUT2D eigenvalue weighted by Crippen LogP contribution is 2.42. The Morgan fingerprint density at radius 3 is 2.26 bits per heavy atom. The smallest absolute Gasteiger partial charge is 0.424 e. The largest absolute Gasteiger partial charge is 0.497 e. The van der Waals surface area contributed by atoms with Crippen molar-refractivity contribution in [3.8, 4) is 11.5 Å². The zero-order chi connectivity index (χ0) is 26.4. The number of alkyl halides is 3. The molecule has 0 aliphatic rings.